The minimum Gasteiger partial charge on any atom is -0.480 e. The van der Waals surface area contributed by atoms with Crippen molar-refractivity contribution in [2.24, 2.45) is 0 Å². The number of ether oxygens (including phenoxy) is 1. The van der Waals surface area contributed by atoms with Crippen molar-refractivity contribution in [2.75, 3.05) is 18.1 Å². The molecule has 0 bridgehead atoms. The molecule has 0 aromatic heterocycles. The fourth-order valence-electron chi connectivity index (χ4n) is 2.03. The zero-order chi connectivity index (χ0) is 16.4. The number of carboxylic acids is 1. The monoisotopic (exact) mass is 325 g/mol. The Morgan fingerprint density at radius 2 is 1.95 bits per heavy atom. The van der Waals surface area contributed by atoms with Gasteiger partial charge in [-0.1, -0.05) is 37.3 Å². The van der Waals surface area contributed by atoms with E-state index in [1.807, 2.05) is 37.3 Å². The van der Waals surface area contributed by atoms with Gasteiger partial charge in [0.1, 0.15) is 12.6 Å². The third kappa shape index (κ3) is 5.97. The van der Waals surface area contributed by atoms with Gasteiger partial charge in [0, 0.05) is 6.54 Å². The summed E-state index contributed by atoms with van der Waals surface area (Å²) in [5.41, 5.74) is 0.875. The average molecular weight is 325 g/mol. The Balaban J connectivity index is 2.61. The van der Waals surface area contributed by atoms with Crippen molar-refractivity contribution in [1.82, 2.24) is 4.90 Å². The number of hydrogen-bond donors (Lipinski definition) is 1. The van der Waals surface area contributed by atoms with Crippen LogP contribution in [0.25, 0.3) is 0 Å². The van der Waals surface area contributed by atoms with Crippen LogP contribution in [0.5, 0.6) is 0 Å². The highest BCUT2D eigenvalue weighted by Gasteiger charge is 2.29. The summed E-state index contributed by atoms with van der Waals surface area (Å²) in [7, 11) is 0. The molecule has 0 aliphatic rings. The van der Waals surface area contributed by atoms with Crippen LogP contribution in [0.15, 0.2) is 30.3 Å². The molecule has 0 aliphatic carbocycles. The molecule has 1 aromatic carbocycles. The summed E-state index contributed by atoms with van der Waals surface area (Å²) in [4.78, 5) is 24.9. The maximum absolute atomic E-state index is 12.2. The number of carboxylic acid groups (broad SMARTS) is 1. The second-order valence-electron chi connectivity index (χ2n) is 4.67. The first kappa shape index (κ1) is 18.4. The van der Waals surface area contributed by atoms with E-state index in [9.17, 15) is 14.7 Å². The molecule has 1 amide bonds. The SMILES string of the molecule is CCSCCC(C(=O)O)N(CC)C(=O)OCc1ccccc1. The van der Waals surface area contributed by atoms with E-state index < -0.39 is 18.1 Å². The first-order valence-corrected chi connectivity index (χ1v) is 8.53. The molecule has 0 saturated heterocycles. The summed E-state index contributed by atoms with van der Waals surface area (Å²) >= 11 is 1.66. The van der Waals surface area contributed by atoms with Crippen LogP contribution in [0.4, 0.5) is 4.79 Å². The molecule has 1 rings (SSSR count). The molecule has 1 unspecified atom stereocenters. The van der Waals surface area contributed by atoms with E-state index in [2.05, 4.69) is 0 Å². The average Bonchev–Trinajstić information content (AvgIpc) is 2.53. The molecule has 1 N–H and O–H groups in total. The van der Waals surface area contributed by atoms with Crippen LogP contribution in [0.3, 0.4) is 0 Å². The molecule has 22 heavy (non-hydrogen) atoms. The number of nitrogens with zero attached hydrogens (tertiary/aromatic N) is 1. The Labute approximate surface area is 135 Å². The highest BCUT2D eigenvalue weighted by molar-refractivity contribution is 7.99. The van der Waals surface area contributed by atoms with Crippen LogP contribution < -0.4 is 0 Å². The van der Waals surface area contributed by atoms with Gasteiger partial charge in [-0.25, -0.2) is 9.59 Å². The molecular formula is C16H23NO4S. The van der Waals surface area contributed by atoms with Crippen LogP contribution >= 0.6 is 11.8 Å². The number of benzene rings is 1. The molecule has 0 radical (unpaired) electrons. The van der Waals surface area contributed by atoms with E-state index in [1.54, 1.807) is 18.7 Å². The zero-order valence-electron chi connectivity index (χ0n) is 13.0. The second kappa shape index (κ2) is 10.1. The minimum atomic E-state index is -0.991. The predicted octanol–water partition coefficient (Wildman–Crippen LogP) is 3.24. The Kier molecular flexibility index (Phi) is 8.43. The normalized spacial score (nSPS) is 11.7. The van der Waals surface area contributed by atoms with Crippen LogP contribution in [-0.2, 0) is 16.1 Å². The summed E-state index contributed by atoms with van der Waals surface area (Å²) < 4.78 is 5.24. The lowest BCUT2D eigenvalue weighted by atomic mass is 10.2. The van der Waals surface area contributed by atoms with Crippen molar-refractivity contribution in [3.8, 4) is 0 Å². The van der Waals surface area contributed by atoms with Crippen molar-refractivity contribution in [1.29, 1.82) is 0 Å². The van der Waals surface area contributed by atoms with E-state index in [0.717, 1.165) is 11.3 Å². The number of aliphatic carboxylic acids is 1. The van der Waals surface area contributed by atoms with Gasteiger partial charge in [-0.15, -0.1) is 0 Å². The lowest BCUT2D eigenvalue weighted by Gasteiger charge is -2.27. The molecule has 6 heteroatoms. The Hall–Kier alpha value is -1.69. The number of thioether (sulfide) groups is 1. The second-order valence-corrected chi connectivity index (χ2v) is 6.06. The van der Waals surface area contributed by atoms with Gasteiger partial charge in [0.25, 0.3) is 0 Å². The van der Waals surface area contributed by atoms with Gasteiger partial charge in [0.2, 0.25) is 0 Å². The quantitative estimate of drug-likeness (QED) is 0.706. The summed E-state index contributed by atoms with van der Waals surface area (Å²) in [5.74, 6) is 0.641. The Morgan fingerprint density at radius 1 is 1.27 bits per heavy atom. The number of carbonyl (C=O) groups excluding carboxylic acids is 1. The smallest absolute Gasteiger partial charge is 0.410 e. The third-order valence-corrected chi connectivity index (χ3v) is 4.11. The standard InChI is InChI=1S/C16H23NO4S/c1-3-17(14(15(18)19)10-11-22-4-2)16(20)21-12-13-8-6-5-7-9-13/h5-9,14H,3-4,10-12H2,1-2H3,(H,18,19). The summed E-state index contributed by atoms with van der Waals surface area (Å²) in [5, 5.41) is 9.35. The molecule has 0 spiro atoms. The van der Waals surface area contributed by atoms with E-state index in [4.69, 9.17) is 4.74 Å². The molecule has 1 atom stereocenters. The Morgan fingerprint density at radius 3 is 2.50 bits per heavy atom. The summed E-state index contributed by atoms with van der Waals surface area (Å²) in [6, 6.07) is 8.49. The number of hydrogen-bond acceptors (Lipinski definition) is 4. The lowest BCUT2D eigenvalue weighted by Crippen LogP contribution is -2.45. The van der Waals surface area contributed by atoms with Gasteiger partial charge < -0.3 is 9.84 Å². The Bertz CT molecular complexity index is 466. The molecule has 0 aliphatic heterocycles. The molecule has 122 valence electrons. The van der Waals surface area contributed by atoms with Crippen molar-refractivity contribution in [2.45, 2.75) is 32.9 Å². The van der Waals surface area contributed by atoms with E-state index in [0.29, 0.717) is 18.7 Å². The largest absolute Gasteiger partial charge is 0.480 e. The summed E-state index contributed by atoms with van der Waals surface area (Å²) in [6.07, 6.45) is -0.164. The van der Waals surface area contributed by atoms with E-state index in [-0.39, 0.29) is 6.61 Å². The maximum Gasteiger partial charge on any atom is 0.410 e. The highest BCUT2D eigenvalue weighted by Crippen LogP contribution is 2.13. The van der Waals surface area contributed by atoms with Gasteiger partial charge in [0.15, 0.2) is 0 Å². The first-order valence-electron chi connectivity index (χ1n) is 7.38. The van der Waals surface area contributed by atoms with Crippen molar-refractivity contribution in [3.63, 3.8) is 0 Å². The van der Waals surface area contributed by atoms with Crippen LogP contribution in [-0.4, -0.2) is 46.2 Å². The van der Waals surface area contributed by atoms with Crippen LogP contribution in [0.2, 0.25) is 0 Å². The van der Waals surface area contributed by atoms with E-state index >= 15 is 0 Å². The van der Waals surface area contributed by atoms with Gasteiger partial charge >= 0.3 is 12.1 Å². The number of carbonyl (C=O) groups is 2. The fourth-order valence-corrected chi connectivity index (χ4v) is 2.71. The molecule has 1 aromatic rings. The van der Waals surface area contributed by atoms with Crippen molar-refractivity contribution >= 4 is 23.8 Å². The molecule has 0 saturated carbocycles. The van der Waals surface area contributed by atoms with Gasteiger partial charge in [-0.2, -0.15) is 11.8 Å². The van der Waals surface area contributed by atoms with Crippen LogP contribution in [0.1, 0.15) is 25.8 Å². The topological polar surface area (TPSA) is 66.8 Å². The minimum absolute atomic E-state index is 0.145. The van der Waals surface area contributed by atoms with Crippen molar-refractivity contribution < 1.29 is 19.4 Å². The van der Waals surface area contributed by atoms with Crippen molar-refractivity contribution in [3.05, 3.63) is 35.9 Å². The number of rotatable bonds is 9. The molecule has 5 nitrogen and oxygen atoms in total. The predicted molar refractivity (Wildman–Crippen MR) is 88.0 cm³/mol. The first-order chi connectivity index (χ1) is 10.6. The van der Waals surface area contributed by atoms with Gasteiger partial charge in [-0.05, 0) is 30.4 Å². The number of likely N-dealkylation sites (N-methyl/N-ethyl adjacent to an activating group) is 1. The molecular weight excluding hydrogens is 302 g/mol. The lowest BCUT2D eigenvalue weighted by molar-refractivity contribution is -0.142. The van der Waals surface area contributed by atoms with Gasteiger partial charge in [-0.3, -0.25) is 4.90 Å². The molecule has 0 fully saturated rings. The third-order valence-electron chi connectivity index (χ3n) is 3.18. The summed E-state index contributed by atoms with van der Waals surface area (Å²) in [6.45, 7) is 4.23. The maximum atomic E-state index is 12.2. The van der Waals surface area contributed by atoms with Crippen LogP contribution in [0, 0.1) is 0 Å². The zero-order valence-corrected chi connectivity index (χ0v) is 13.8. The fraction of sp³-hybridized carbons (Fsp3) is 0.500. The highest BCUT2D eigenvalue weighted by atomic mass is 32.2. The van der Waals surface area contributed by atoms with Gasteiger partial charge in [0.05, 0.1) is 0 Å². The van der Waals surface area contributed by atoms with E-state index in [1.165, 1.54) is 4.90 Å². The molecule has 0 heterocycles. The number of amides is 1.